The molecule has 0 saturated heterocycles. The summed E-state index contributed by atoms with van der Waals surface area (Å²) in [5.74, 6) is -0.745. The van der Waals surface area contributed by atoms with Crippen molar-refractivity contribution in [2.75, 3.05) is 0 Å². The summed E-state index contributed by atoms with van der Waals surface area (Å²) in [6.07, 6.45) is 0. The van der Waals surface area contributed by atoms with Gasteiger partial charge in [-0.25, -0.2) is 17.9 Å². The van der Waals surface area contributed by atoms with E-state index in [9.17, 15) is 13.2 Å². The third kappa shape index (κ3) is 4.40. The average molecular weight is 310 g/mol. The number of carboxylic acid groups (broad SMARTS) is 1. The highest BCUT2D eigenvalue weighted by atomic mass is 32.2. The van der Waals surface area contributed by atoms with E-state index >= 15 is 0 Å². The van der Waals surface area contributed by atoms with Gasteiger partial charge in [-0.1, -0.05) is 17.3 Å². The molecule has 1 aromatic carbocycles. The fraction of sp³-hybridized carbons (Fsp3) is 0.231. The molecule has 2 rings (SSSR count). The molecule has 0 amide bonds. The van der Waals surface area contributed by atoms with Crippen LogP contribution in [0.1, 0.15) is 27.4 Å². The Hall–Kier alpha value is -2.19. The Kier molecular flexibility index (Phi) is 4.39. The number of carboxylic acids is 1. The fourth-order valence-corrected chi connectivity index (χ4v) is 2.70. The van der Waals surface area contributed by atoms with Gasteiger partial charge in [-0.3, -0.25) is 0 Å². The number of aromatic carboxylic acids is 1. The molecule has 0 bridgehead atoms. The number of aryl methyl sites for hydroxylation is 1. The van der Waals surface area contributed by atoms with Crippen molar-refractivity contribution in [3.05, 3.63) is 52.9 Å². The largest absolute Gasteiger partial charge is 0.478 e. The van der Waals surface area contributed by atoms with Gasteiger partial charge in [0.25, 0.3) is 0 Å². The van der Waals surface area contributed by atoms with Crippen molar-refractivity contribution < 1.29 is 22.8 Å². The third-order valence-corrected chi connectivity index (χ3v) is 3.97. The van der Waals surface area contributed by atoms with Crippen LogP contribution in [0.25, 0.3) is 0 Å². The van der Waals surface area contributed by atoms with E-state index in [1.807, 2.05) is 0 Å². The van der Waals surface area contributed by atoms with Gasteiger partial charge >= 0.3 is 5.97 Å². The van der Waals surface area contributed by atoms with Crippen molar-refractivity contribution >= 4 is 16.0 Å². The van der Waals surface area contributed by atoms with Gasteiger partial charge in [0.2, 0.25) is 10.0 Å². The van der Waals surface area contributed by atoms with Gasteiger partial charge < -0.3 is 9.63 Å². The molecule has 2 aromatic rings. The average Bonchev–Trinajstić information content (AvgIpc) is 2.81. The van der Waals surface area contributed by atoms with E-state index in [2.05, 4.69) is 9.88 Å². The van der Waals surface area contributed by atoms with Crippen LogP contribution in [0, 0.1) is 6.92 Å². The molecule has 0 aliphatic heterocycles. The first-order chi connectivity index (χ1) is 9.85. The molecule has 0 fully saturated rings. The van der Waals surface area contributed by atoms with E-state index in [4.69, 9.17) is 9.63 Å². The zero-order valence-electron chi connectivity index (χ0n) is 11.2. The number of hydrogen-bond donors (Lipinski definition) is 2. The van der Waals surface area contributed by atoms with E-state index in [0.29, 0.717) is 17.0 Å². The molecule has 112 valence electrons. The minimum absolute atomic E-state index is 0.0824. The molecule has 0 unspecified atom stereocenters. The number of sulfonamides is 1. The maximum Gasteiger partial charge on any atom is 0.335 e. The summed E-state index contributed by atoms with van der Waals surface area (Å²) >= 11 is 0. The Morgan fingerprint density at radius 3 is 2.52 bits per heavy atom. The highest BCUT2D eigenvalue weighted by Gasteiger charge is 2.14. The molecule has 0 atom stereocenters. The summed E-state index contributed by atoms with van der Waals surface area (Å²) in [5, 5.41) is 12.4. The zero-order valence-corrected chi connectivity index (χ0v) is 12.1. The topological polar surface area (TPSA) is 110 Å². The van der Waals surface area contributed by atoms with Gasteiger partial charge in [0.1, 0.15) is 17.2 Å². The normalized spacial score (nSPS) is 11.5. The van der Waals surface area contributed by atoms with Crippen LogP contribution in [-0.4, -0.2) is 24.7 Å². The number of nitrogens with one attached hydrogen (secondary N) is 1. The van der Waals surface area contributed by atoms with E-state index in [1.165, 1.54) is 12.1 Å². The van der Waals surface area contributed by atoms with Crippen molar-refractivity contribution in [1.29, 1.82) is 0 Å². The summed E-state index contributed by atoms with van der Waals surface area (Å²) < 4.78 is 31.0. The van der Waals surface area contributed by atoms with Gasteiger partial charge in [-0.2, -0.15) is 0 Å². The first kappa shape index (κ1) is 15.2. The van der Waals surface area contributed by atoms with E-state index in [-0.39, 0.29) is 17.9 Å². The monoisotopic (exact) mass is 310 g/mol. The van der Waals surface area contributed by atoms with Crippen LogP contribution in [0.4, 0.5) is 0 Å². The molecular weight excluding hydrogens is 296 g/mol. The van der Waals surface area contributed by atoms with Crippen molar-refractivity contribution in [3.8, 4) is 0 Å². The first-order valence-corrected chi connectivity index (χ1v) is 7.73. The molecule has 2 N–H and O–H groups in total. The molecule has 21 heavy (non-hydrogen) atoms. The van der Waals surface area contributed by atoms with E-state index in [1.54, 1.807) is 25.1 Å². The Bertz CT molecular complexity index is 734. The van der Waals surface area contributed by atoms with Crippen LogP contribution < -0.4 is 4.72 Å². The lowest BCUT2D eigenvalue weighted by molar-refractivity contribution is 0.0697. The van der Waals surface area contributed by atoms with Crippen LogP contribution in [0.2, 0.25) is 0 Å². The highest BCUT2D eigenvalue weighted by Crippen LogP contribution is 2.08. The van der Waals surface area contributed by atoms with Gasteiger partial charge in [0, 0.05) is 12.6 Å². The third-order valence-electron chi connectivity index (χ3n) is 2.71. The Labute approximate surface area is 121 Å². The molecule has 1 aromatic heterocycles. The number of benzene rings is 1. The number of carbonyl (C=O) groups is 1. The number of hydrogen-bond acceptors (Lipinski definition) is 5. The molecule has 7 nitrogen and oxygen atoms in total. The quantitative estimate of drug-likeness (QED) is 0.832. The van der Waals surface area contributed by atoms with Crippen LogP contribution >= 0.6 is 0 Å². The summed E-state index contributed by atoms with van der Waals surface area (Å²) in [7, 11) is -3.53. The highest BCUT2D eigenvalue weighted by molar-refractivity contribution is 7.88. The van der Waals surface area contributed by atoms with E-state index < -0.39 is 16.0 Å². The molecule has 0 saturated carbocycles. The zero-order chi connectivity index (χ0) is 15.5. The van der Waals surface area contributed by atoms with Gasteiger partial charge in [-0.05, 0) is 24.6 Å². The Balaban J connectivity index is 1.96. The smallest absolute Gasteiger partial charge is 0.335 e. The number of aromatic nitrogens is 1. The van der Waals surface area contributed by atoms with Gasteiger partial charge in [0.15, 0.2) is 0 Å². The first-order valence-electron chi connectivity index (χ1n) is 6.07. The van der Waals surface area contributed by atoms with Crippen LogP contribution in [0.3, 0.4) is 0 Å². The SMILES string of the molecule is Cc1cc(CS(=O)(=O)NCc2ccc(C(=O)O)cc2)no1. The minimum atomic E-state index is -3.53. The van der Waals surface area contributed by atoms with E-state index in [0.717, 1.165) is 0 Å². The Morgan fingerprint density at radius 1 is 1.33 bits per heavy atom. The van der Waals surface area contributed by atoms with Crippen LogP contribution in [0.5, 0.6) is 0 Å². The predicted octanol–water partition coefficient (Wildman–Crippen LogP) is 1.30. The van der Waals surface area contributed by atoms with Gasteiger partial charge in [0.05, 0.1) is 5.56 Å². The van der Waals surface area contributed by atoms with Crippen molar-refractivity contribution in [1.82, 2.24) is 9.88 Å². The lowest BCUT2D eigenvalue weighted by Gasteiger charge is -2.05. The summed E-state index contributed by atoms with van der Waals surface area (Å²) in [6.45, 7) is 1.76. The number of rotatable bonds is 6. The second kappa shape index (κ2) is 6.06. The molecule has 0 aliphatic carbocycles. The second-order valence-electron chi connectivity index (χ2n) is 4.51. The van der Waals surface area contributed by atoms with Crippen molar-refractivity contribution in [2.24, 2.45) is 0 Å². The predicted molar refractivity (Wildman–Crippen MR) is 74.1 cm³/mol. The molecule has 0 radical (unpaired) electrons. The standard InChI is InChI=1S/C13H14N2O5S/c1-9-6-12(15-20-9)8-21(18,19)14-7-10-2-4-11(5-3-10)13(16)17/h2-6,14H,7-8H2,1H3,(H,16,17). The minimum Gasteiger partial charge on any atom is -0.478 e. The molecule has 8 heteroatoms. The molecule has 0 aliphatic rings. The fourth-order valence-electron chi connectivity index (χ4n) is 1.69. The Morgan fingerprint density at radius 2 is 2.00 bits per heavy atom. The number of nitrogens with zero attached hydrogens (tertiary/aromatic N) is 1. The maximum atomic E-state index is 11.9. The summed E-state index contributed by atoms with van der Waals surface area (Å²) in [4.78, 5) is 10.7. The second-order valence-corrected chi connectivity index (χ2v) is 6.32. The molecular formula is C13H14N2O5S. The molecule has 1 heterocycles. The summed E-state index contributed by atoms with van der Waals surface area (Å²) in [5.41, 5.74) is 1.15. The lowest BCUT2D eigenvalue weighted by atomic mass is 10.1. The van der Waals surface area contributed by atoms with Crippen LogP contribution in [0.15, 0.2) is 34.9 Å². The van der Waals surface area contributed by atoms with Crippen LogP contribution in [-0.2, 0) is 22.3 Å². The lowest BCUT2D eigenvalue weighted by Crippen LogP contribution is -2.24. The van der Waals surface area contributed by atoms with Crippen molar-refractivity contribution in [2.45, 2.75) is 19.2 Å². The maximum absolute atomic E-state index is 11.9. The van der Waals surface area contributed by atoms with Crippen molar-refractivity contribution in [3.63, 3.8) is 0 Å². The molecule has 0 spiro atoms. The summed E-state index contributed by atoms with van der Waals surface area (Å²) in [6, 6.07) is 7.53. The van der Waals surface area contributed by atoms with Gasteiger partial charge in [-0.15, -0.1) is 0 Å².